The minimum Gasteiger partial charge on any atom is -0.465 e. The topological polar surface area (TPSA) is 77.1 Å². The number of ether oxygens (including phenoxy) is 2. The molecule has 0 radical (unpaired) electrons. The smallest absolute Gasteiger partial charge is 0.353 e. The first-order valence-electron chi connectivity index (χ1n) is 8.00. The first-order valence-corrected chi connectivity index (χ1v) is 8.00. The van der Waals surface area contributed by atoms with Crippen LogP contribution in [0, 0.1) is 0 Å². The number of hydrogen-bond donors (Lipinski definition) is 1. The minimum absolute atomic E-state index is 0.0961. The standard InChI is InChI=1S/C15H27N3O3/c1-3-5-7-9-11-20-14-16-13(19)17-15(18-14)21-12-10-8-6-4-2/h3-12H2,1-2H3,(H,16,17,18,19). The Balaban J connectivity index is 2.34. The Hall–Kier alpha value is -1.59. The molecular weight excluding hydrogens is 270 g/mol. The molecule has 0 saturated carbocycles. The summed E-state index contributed by atoms with van der Waals surface area (Å²) >= 11 is 0. The van der Waals surface area contributed by atoms with Crippen LogP contribution < -0.4 is 15.2 Å². The van der Waals surface area contributed by atoms with Gasteiger partial charge in [0.15, 0.2) is 0 Å². The molecule has 0 atom stereocenters. The zero-order chi connectivity index (χ0) is 15.3. The number of nitrogens with one attached hydrogen (secondary N) is 1. The van der Waals surface area contributed by atoms with Crippen molar-refractivity contribution in [1.29, 1.82) is 0 Å². The molecular formula is C15H27N3O3. The molecule has 0 amide bonds. The van der Waals surface area contributed by atoms with E-state index in [1.54, 1.807) is 0 Å². The van der Waals surface area contributed by atoms with Gasteiger partial charge in [0.25, 0.3) is 0 Å². The van der Waals surface area contributed by atoms with Crippen molar-refractivity contribution in [3.63, 3.8) is 0 Å². The number of hydrogen-bond acceptors (Lipinski definition) is 5. The molecule has 0 aliphatic heterocycles. The summed E-state index contributed by atoms with van der Waals surface area (Å²) in [6.45, 7) is 5.39. The lowest BCUT2D eigenvalue weighted by Crippen LogP contribution is -2.16. The Bertz CT molecular complexity index is 399. The molecule has 21 heavy (non-hydrogen) atoms. The maximum absolute atomic E-state index is 11.4. The van der Waals surface area contributed by atoms with Crippen LogP contribution in [0.5, 0.6) is 12.0 Å². The van der Waals surface area contributed by atoms with E-state index < -0.39 is 5.69 Å². The van der Waals surface area contributed by atoms with Crippen LogP contribution >= 0.6 is 0 Å². The fourth-order valence-corrected chi connectivity index (χ4v) is 1.87. The van der Waals surface area contributed by atoms with Gasteiger partial charge >= 0.3 is 17.7 Å². The number of unbranched alkanes of at least 4 members (excludes halogenated alkanes) is 6. The number of nitrogens with zero attached hydrogens (tertiary/aromatic N) is 2. The summed E-state index contributed by atoms with van der Waals surface area (Å²) in [7, 11) is 0. The summed E-state index contributed by atoms with van der Waals surface area (Å²) in [5.74, 6) is 0. The van der Waals surface area contributed by atoms with E-state index in [-0.39, 0.29) is 12.0 Å². The van der Waals surface area contributed by atoms with Crippen molar-refractivity contribution in [2.75, 3.05) is 13.2 Å². The molecule has 120 valence electrons. The number of aromatic amines is 1. The second-order valence-electron chi connectivity index (χ2n) is 5.06. The summed E-state index contributed by atoms with van der Waals surface area (Å²) in [4.78, 5) is 21.6. The molecule has 0 aliphatic rings. The Morgan fingerprint density at radius 3 is 2.10 bits per heavy atom. The maximum atomic E-state index is 11.4. The normalized spacial score (nSPS) is 10.6. The third-order valence-corrected chi connectivity index (χ3v) is 3.07. The molecule has 0 aliphatic carbocycles. The molecule has 0 bridgehead atoms. The molecule has 1 N–H and O–H groups in total. The lowest BCUT2D eigenvalue weighted by molar-refractivity contribution is 0.251. The van der Waals surface area contributed by atoms with Crippen molar-refractivity contribution in [1.82, 2.24) is 15.0 Å². The quantitative estimate of drug-likeness (QED) is 0.600. The zero-order valence-corrected chi connectivity index (χ0v) is 13.2. The predicted molar refractivity (Wildman–Crippen MR) is 81.9 cm³/mol. The van der Waals surface area contributed by atoms with E-state index in [1.807, 2.05) is 0 Å². The maximum Gasteiger partial charge on any atom is 0.353 e. The highest BCUT2D eigenvalue weighted by molar-refractivity contribution is 4.99. The van der Waals surface area contributed by atoms with Crippen LogP contribution in [-0.4, -0.2) is 28.2 Å². The second kappa shape index (κ2) is 11.1. The number of H-pyrrole nitrogens is 1. The third kappa shape index (κ3) is 8.32. The van der Waals surface area contributed by atoms with Crippen LogP contribution in [0.3, 0.4) is 0 Å². The van der Waals surface area contributed by atoms with Crippen molar-refractivity contribution in [3.05, 3.63) is 10.5 Å². The van der Waals surface area contributed by atoms with Gasteiger partial charge in [0.2, 0.25) is 0 Å². The van der Waals surface area contributed by atoms with Crippen molar-refractivity contribution in [3.8, 4) is 12.0 Å². The average molecular weight is 297 g/mol. The van der Waals surface area contributed by atoms with Crippen LogP contribution in [-0.2, 0) is 0 Å². The van der Waals surface area contributed by atoms with Crippen LogP contribution in [0.1, 0.15) is 65.2 Å². The van der Waals surface area contributed by atoms with Gasteiger partial charge in [-0.05, 0) is 12.8 Å². The van der Waals surface area contributed by atoms with Gasteiger partial charge in [0.1, 0.15) is 0 Å². The number of aromatic nitrogens is 3. The third-order valence-electron chi connectivity index (χ3n) is 3.07. The summed E-state index contributed by atoms with van der Waals surface area (Å²) in [5, 5.41) is 0. The lowest BCUT2D eigenvalue weighted by atomic mass is 10.2. The summed E-state index contributed by atoms with van der Waals surface area (Å²) in [6.07, 6.45) is 8.86. The molecule has 0 unspecified atom stereocenters. The van der Waals surface area contributed by atoms with E-state index in [0.717, 1.165) is 25.7 Å². The molecule has 6 nitrogen and oxygen atoms in total. The molecule has 0 saturated heterocycles. The van der Waals surface area contributed by atoms with Gasteiger partial charge in [-0.3, -0.25) is 4.98 Å². The largest absolute Gasteiger partial charge is 0.465 e. The molecule has 6 heteroatoms. The van der Waals surface area contributed by atoms with Crippen molar-refractivity contribution >= 4 is 0 Å². The summed E-state index contributed by atoms with van der Waals surface area (Å²) in [5.41, 5.74) is -0.489. The average Bonchev–Trinajstić information content (AvgIpc) is 2.46. The fraction of sp³-hybridized carbons (Fsp3) is 0.800. The van der Waals surface area contributed by atoms with E-state index in [4.69, 9.17) is 9.47 Å². The molecule has 1 rings (SSSR count). The highest BCUT2D eigenvalue weighted by atomic mass is 16.5. The first kappa shape index (κ1) is 17.5. The van der Waals surface area contributed by atoms with Gasteiger partial charge in [-0.2, -0.15) is 0 Å². The zero-order valence-electron chi connectivity index (χ0n) is 13.2. The van der Waals surface area contributed by atoms with Gasteiger partial charge in [-0.15, -0.1) is 9.97 Å². The van der Waals surface area contributed by atoms with E-state index in [1.165, 1.54) is 25.7 Å². The molecule has 1 aromatic heterocycles. The monoisotopic (exact) mass is 297 g/mol. The van der Waals surface area contributed by atoms with Gasteiger partial charge in [0, 0.05) is 0 Å². The first-order chi connectivity index (χ1) is 10.3. The van der Waals surface area contributed by atoms with Crippen LogP contribution in [0.15, 0.2) is 4.79 Å². The Labute approximate surface area is 126 Å². The van der Waals surface area contributed by atoms with Crippen LogP contribution in [0.4, 0.5) is 0 Å². The summed E-state index contributed by atoms with van der Waals surface area (Å²) in [6, 6.07) is 0.286. The van der Waals surface area contributed by atoms with Crippen molar-refractivity contribution < 1.29 is 9.47 Å². The number of rotatable bonds is 12. The fourth-order valence-electron chi connectivity index (χ4n) is 1.87. The Morgan fingerprint density at radius 2 is 1.48 bits per heavy atom. The van der Waals surface area contributed by atoms with E-state index in [9.17, 15) is 4.79 Å². The lowest BCUT2D eigenvalue weighted by Gasteiger charge is -2.06. The van der Waals surface area contributed by atoms with Gasteiger partial charge < -0.3 is 9.47 Å². The molecule has 1 heterocycles. The highest BCUT2D eigenvalue weighted by Crippen LogP contribution is 2.07. The van der Waals surface area contributed by atoms with Crippen molar-refractivity contribution in [2.45, 2.75) is 65.2 Å². The molecule has 0 aromatic carbocycles. The van der Waals surface area contributed by atoms with Crippen LogP contribution in [0.25, 0.3) is 0 Å². The molecule has 0 fully saturated rings. The van der Waals surface area contributed by atoms with Gasteiger partial charge in [-0.25, -0.2) is 4.79 Å². The van der Waals surface area contributed by atoms with E-state index in [0.29, 0.717) is 13.2 Å². The van der Waals surface area contributed by atoms with Gasteiger partial charge in [0.05, 0.1) is 13.2 Å². The SMILES string of the molecule is CCCCCCOc1nc(OCCCCCC)[nH]c(=O)n1. The van der Waals surface area contributed by atoms with E-state index in [2.05, 4.69) is 28.8 Å². The highest BCUT2D eigenvalue weighted by Gasteiger charge is 2.05. The molecule has 1 aromatic rings. The van der Waals surface area contributed by atoms with Gasteiger partial charge in [-0.1, -0.05) is 52.4 Å². The second-order valence-corrected chi connectivity index (χ2v) is 5.06. The Morgan fingerprint density at radius 1 is 0.857 bits per heavy atom. The molecule has 0 spiro atoms. The summed E-state index contributed by atoms with van der Waals surface area (Å²) < 4.78 is 10.8. The predicted octanol–water partition coefficient (Wildman–Crippen LogP) is 3.08. The van der Waals surface area contributed by atoms with Crippen LogP contribution in [0.2, 0.25) is 0 Å². The Kier molecular flexibility index (Phi) is 9.24. The van der Waals surface area contributed by atoms with Crippen molar-refractivity contribution in [2.24, 2.45) is 0 Å². The minimum atomic E-state index is -0.489. The van der Waals surface area contributed by atoms with E-state index >= 15 is 0 Å².